The SMILES string of the molecule is N[C@@H](Cc1ccc(C(=O)NCc2ccccc2)cc1)C(=O)O. The molecule has 5 heteroatoms. The van der Waals surface area contributed by atoms with Crippen molar-refractivity contribution in [3.8, 4) is 0 Å². The molecular weight excluding hydrogens is 280 g/mol. The molecule has 4 N–H and O–H groups in total. The van der Waals surface area contributed by atoms with Gasteiger partial charge in [-0.2, -0.15) is 0 Å². The summed E-state index contributed by atoms with van der Waals surface area (Å²) in [5.74, 6) is -1.21. The number of hydrogen-bond donors (Lipinski definition) is 3. The van der Waals surface area contributed by atoms with Crippen LogP contribution in [0.1, 0.15) is 21.5 Å². The fraction of sp³-hybridized carbons (Fsp3) is 0.176. The lowest BCUT2D eigenvalue weighted by molar-refractivity contribution is -0.138. The van der Waals surface area contributed by atoms with Crippen LogP contribution < -0.4 is 11.1 Å². The second-order valence-electron chi connectivity index (χ2n) is 5.01. The van der Waals surface area contributed by atoms with E-state index in [9.17, 15) is 9.59 Å². The van der Waals surface area contributed by atoms with Crippen molar-refractivity contribution >= 4 is 11.9 Å². The van der Waals surface area contributed by atoms with Crippen LogP contribution in [-0.2, 0) is 17.8 Å². The number of aliphatic carboxylic acids is 1. The number of carboxylic acid groups (broad SMARTS) is 1. The van der Waals surface area contributed by atoms with Crippen molar-refractivity contribution in [1.82, 2.24) is 5.32 Å². The van der Waals surface area contributed by atoms with E-state index in [-0.39, 0.29) is 12.3 Å². The van der Waals surface area contributed by atoms with Gasteiger partial charge in [0.15, 0.2) is 0 Å². The molecular formula is C17H18N2O3. The number of carbonyl (C=O) groups excluding carboxylic acids is 1. The van der Waals surface area contributed by atoms with E-state index in [0.717, 1.165) is 11.1 Å². The summed E-state index contributed by atoms with van der Waals surface area (Å²) >= 11 is 0. The maximum absolute atomic E-state index is 12.0. The normalized spacial score (nSPS) is 11.7. The summed E-state index contributed by atoms with van der Waals surface area (Å²) in [6.45, 7) is 0.464. The Morgan fingerprint density at radius 3 is 2.23 bits per heavy atom. The molecule has 0 bridgehead atoms. The van der Waals surface area contributed by atoms with Gasteiger partial charge in [0, 0.05) is 12.1 Å². The third-order valence-electron chi connectivity index (χ3n) is 3.28. The summed E-state index contributed by atoms with van der Waals surface area (Å²) in [7, 11) is 0. The van der Waals surface area contributed by atoms with Crippen LogP contribution in [0.4, 0.5) is 0 Å². The Morgan fingerprint density at radius 1 is 1.00 bits per heavy atom. The van der Waals surface area contributed by atoms with Gasteiger partial charge in [0.25, 0.3) is 5.91 Å². The zero-order valence-corrected chi connectivity index (χ0v) is 12.0. The van der Waals surface area contributed by atoms with Gasteiger partial charge in [-0.15, -0.1) is 0 Å². The molecule has 0 spiro atoms. The molecule has 0 aliphatic rings. The van der Waals surface area contributed by atoms with Crippen LogP contribution in [-0.4, -0.2) is 23.0 Å². The Bertz CT molecular complexity index is 639. The van der Waals surface area contributed by atoms with Crippen molar-refractivity contribution in [1.29, 1.82) is 0 Å². The summed E-state index contributed by atoms with van der Waals surface area (Å²) in [6, 6.07) is 15.5. The average Bonchev–Trinajstić information content (AvgIpc) is 2.54. The molecule has 5 nitrogen and oxygen atoms in total. The molecule has 22 heavy (non-hydrogen) atoms. The van der Waals surface area contributed by atoms with Crippen LogP contribution in [0.5, 0.6) is 0 Å². The first-order valence-corrected chi connectivity index (χ1v) is 6.95. The molecule has 0 saturated heterocycles. The standard InChI is InChI=1S/C17H18N2O3/c18-15(17(21)22)10-12-6-8-14(9-7-12)16(20)19-11-13-4-2-1-3-5-13/h1-9,15H,10-11,18H2,(H,19,20)(H,21,22)/t15-/m0/s1. The zero-order chi connectivity index (χ0) is 15.9. The predicted octanol–water partition coefficient (Wildman–Crippen LogP) is 1.57. The van der Waals surface area contributed by atoms with Gasteiger partial charge in [-0.1, -0.05) is 42.5 Å². The van der Waals surface area contributed by atoms with Crippen molar-refractivity contribution in [3.05, 3.63) is 71.3 Å². The van der Waals surface area contributed by atoms with Gasteiger partial charge in [-0.05, 0) is 29.7 Å². The Kier molecular flexibility index (Phi) is 5.27. The highest BCUT2D eigenvalue weighted by atomic mass is 16.4. The molecule has 114 valence electrons. The van der Waals surface area contributed by atoms with Gasteiger partial charge in [-0.25, -0.2) is 0 Å². The van der Waals surface area contributed by atoms with Gasteiger partial charge in [0.2, 0.25) is 0 Å². The third kappa shape index (κ3) is 4.43. The summed E-state index contributed by atoms with van der Waals surface area (Å²) in [4.78, 5) is 22.7. The maximum atomic E-state index is 12.0. The first kappa shape index (κ1) is 15.7. The molecule has 2 rings (SSSR count). The number of nitrogens with one attached hydrogen (secondary N) is 1. The van der Waals surface area contributed by atoms with E-state index >= 15 is 0 Å². The highest BCUT2D eigenvalue weighted by Crippen LogP contribution is 2.07. The molecule has 2 aromatic rings. The number of hydrogen-bond acceptors (Lipinski definition) is 3. The molecule has 1 amide bonds. The lowest BCUT2D eigenvalue weighted by Crippen LogP contribution is -2.32. The number of carbonyl (C=O) groups is 2. The first-order valence-electron chi connectivity index (χ1n) is 6.95. The molecule has 0 radical (unpaired) electrons. The monoisotopic (exact) mass is 298 g/mol. The quantitative estimate of drug-likeness (QED) is 0.755. The molecule has 0 aromatic heterocycles. The predicted molar refractivity (Wildman–Crippen MR) is 83.4 cm³/mol. The van der Waals surface area contributed by atoms with E-state index in [1.165, 1.54) is 0 Å². The summed E-state index contributed by atoms with van der Waals surface area (Å²) < 4.78 is 0. The van der Waals surface area contributed by atoms with Crippen molar-refractivity contribution in [2.45, 2.75) is 19.0 Å². The van der Waals surface area contributed by atoms with Crippen molar-refractivity contribution in [2.24, 2.45) is 5.73 Å². The second-order valence-corrected chi connectivity index (χ2v) is 5.01. The Morgan fingerprint density at radius 2 is 1.64 bits per heavy atom. The Hall–Kier alpha value is -2.66. The minimum absolute atomic E-state index is 0.169. The summed E-state index contributed by atoms with van der Waals surface area (Å²) in [5, 5.41) is 11.6. The smallest absolute Gasteiger partial charge is 0.320 e. The zero-order valence-electron chi connectivity index (χ0n) is 12.0. The van der Waals surface area contributed by atoms with Crippen LogP contribution in [0.15, 0.2) is 54.6 Å². The molecule has 0 unspecified atom stereocenters. The Labute approximate surface area is 128 Å². The van der Waals surface area contributed by atoms with E-state index < -0.39 is 12.0 Å². The van der Waals surface area contributed by atoms with Crippen LogP contribution in [0, 0.1) is 0 Å². The largest absolute Gasteiger partial charge is 0.480 e. The number of rotatable bonds is 6. The van der Waals surface area contributed by atoms with Gasteiger partial charge >= 0.3 is 5.97 Å². The summed E-state index contributed by atoms with van der Waals surface area (Å²) in [6.07, 6.45) is 0.237. The molecule has 2 aromatic carbocycles. The van der Waals surface area contributed by atoms with Crippen LogP contribution in [0.2, 0.25) is 0 Å². The van der Waals surface area contributed by atoms with Crippen LogP contribution in [0.3, 0.4) is 0 Å². The number of nitrogens with two attached hydrogens (primary N) is 1. The molecule has 0 fully saturated rings. The van der Waals surface area contributed by atoms with Crippen molar-refractivity contribution in [2.75, 3.05) is 0 Å². The lowest BCUT2D eigenvalue weighted by Gasteiger charge is -2.08. The second kappa shape index (κ2) is 7.38. The van der Waals surface area contributed by atoms with Crippen molar-refractivity contribution < 1.29 is 14.7 Å². The maximum Gasteiger partial charge on any atom is 0.320 e. The van der Waals surface area contributed by atoms with Gasteiger partial charge < -0.3 is 16.2 Å². The van der Waals surface area contributed by atoms with Gasteiger partial charge in [0.05, 0.1) is 0 Å². The van der Waals surface area contributed by atoms with E-state index in [0.29, 0.717) is 12.1 Å². The fourth-order valence-electron chi connectivity index (χ4n) is 2.01. The van der Waals surface area contributed by atoms with Crippen LogP contribution in [0.25, 0.3) is 0 Å². The first-order chi connectivity index (χ1) is 10.6. The highest BCUT2D eigenvalue weighted by Gasteiger charge is 2.12. The van der Waals surface area contributed by atoms with E-state index in [1.54, 1.807) is 24.3 Å². The van der Waals surface area contributed by atoms with Gasteiger partial charge in [0.1, 0.15) is 6.04 Å². The minimum atomic E-state index is -1.04. The molecule has 0 aliphatic heterocycles. The Balaban J connectivity index is 1.92. The molecule has 0 aliphatic carbocycles. The van der Waals surface area contributed by atoms with E-state index in [4.69, 9.17) is 10.8 Å². The topological polar surface area (TPSA) is 92.4 Å². The molecule has 0 heterocycles. The van der Waals surface area contributed by atoms with Crippen LogP contribution >= 0.6 is 0 Å². The number of carboxylic acids is 1. The van der Waals surface area contributed by atoms with E-state index in [1.807, 2.05) is 30.3 Å². The summed E-state index contributed by atoms with van der Waals surface area (Å²) in [5.41, 5.74) is 7.83. The minimum Gasteiger partial charge on any atom is -0.480 e. The molecule has 0 saturated carbocycles. The highest BCUT2D eigenvalue weighted by molar-refractivity contribution is 5.94. The number of benzene rings is 2. The number of amides is 1. The fourth-order valence-corrected chi connectivity index (χ4v) is 2.01. The third-order valence-corrected chi connectivity index (χ3v) is 3.28. The lowest BCUT2D eigenvalue weighted by atomic mass is 10.0. The van der Waals surface area contributed by atoms with Crippen molar-refractivity contribution in [3.63, 3.8) is 0 Å². The average molecular weight is 298 g/mol. The van der Waals surface area contributed by atoms with Gasteiger partial charge in [-0.3, -0.25) is 9.59 Å². The molecule has 1 atom stereocenters. The van der Waals surface area contributed by atoms with E-state index in [2.05, 4.69) is 5.32 Å².